The molecule has 0 spiro atoms. The van der Waals surface area contributed by atoms with Crippen LogP contribution in [0.3, 0.4) is 0 Å². The van der Waals surface area contributed by atoms with Crippen molar-refractivity contribution < 1.29 is 0 Å². The van der Waals surface area contributed by atoms with E-state index in [0.717, 1.165) is 43.1 Å². The van der Waals surface area contributed by atoms with Crippen molar-refractivity contribution >= 4 is 5.82 Å². The number of nitrogens with one attached hydrogen (secondary N) is 1. The summed E-state index contributed by atoms with van der Waals surface area (Å²) in [6.07, 6.45) is 3.44. The van der Waals surface area contributed by atoms with Crippen LogP contribution in [0.5, 0.6) is 0 Å². The van der Waals surface area contributed by atoms with Gasteiger partial charge in [-0.25, -0.2) is 14.9 Å². The molecule has 1 aromatic carbocycles. The normalized spacial score (nSPS) is 14.9. The minimum Gasteiger partial charge on any atom is -0.357 e. The van der Waals surface area contributed by atoms with Crippen LogP contribution in [0.1, 0.15) is 35.7 Å². The Balaban J connectivity index is 1.49. The molecule has 0 radical (unpaired) electrons. The molecule has 0 unspecified atom stereocenters. The summed E-state index contributed by atoms with van der Waals surface area (Å²) in [6.45, 7) is 2.16. The summed E-state index contributed by atoms with van der Waals surface area (Å²) >= 11 is 0. The van der Waals surface area contributed by atoms with Crippen LogP contribution in [0.2, 0.25) is 0 Å². The van der Waals surface area contributed by atoms with Crippen LogP contribution in [0, 0.1) is 11.3 Å². The SMILES string of the molecule is N#Cc1ccnc(N2CCC(c3n[nH]c(=O)n3Cc3ccccc3)CC2)c1. The fourth-order valence-corrected chi connectivity index (χ4v) is 3.59. The molecule has 0 bridgehead atoms. The largest absolute Gasteiger partial charge is 0.357 e. The van der Waals surface area contributed by atoms with Crippen LogP contribution in [-0.4, -0.2) is 32.8 Å². The maximum Gasteiger partial charge on any atom is 0.343 e. The second-order valence-electron chi connectivity index (χ2n) is 6.73. The second kappa shape index (κ2) is 7.46. The Kier molecular flexibility index (Phi) is 4.71. The van der Waals surface area contributed by atoms with Gasteiger partial charge in [-0.3, -0.25) is 4.57 Å². The number of H-pyrrole nitrogens is 1. The van der Waals surface area contributed by atoms with Crippen LogP contribution in [0.25, 0.3) is 0 Å². The lowest BCUT2D eigenvalue weighted by Gasteiger charge is -2.32. The molecule has 136 valence electrons. The first-order valence-corrected chi connectivity index (χ1v) is 9.05. The molecule has 0 saturated carbocycles. The van der Waals surface area contributed by atoms with Crippen molar-refractivity contribution in [2.45, 2.75) is 25.3 Å². The molecule has 0 aliphatic carbocycles. The van der Waals surface area contributed by atoms with Crippen molar-refractivity contribution in [3.63, 3.8) is 0 Å². The van der Waals surface area contributed by atoms with Gasteiger partial charge in [-0.15, -0.1) is 0 Å². The number of benzene rings is 1. The van der Waals surface area contributed by atoms with Crippen LogP contribution in [-0.2, 0) is 6.54 Å². The molecule has 0 amide bonds. The maximum atomic E-state index is 12.2. The minimum absolute atomic E-state index is 0.167. The van der Waals surface area contributed by atoms with E-state index in [4.69, 9.17) is 5.26 Å². The molecule has 1 N–H and O–H groups in total. The zero-order chi connectivity index (χ0) is 18.6. The van der Waals surface area contributed by atoms with Crippen molar-refractivity contribution in [3.8, 4) is 6.07 Å². The van der Waals surface area contributed by atoms with E-state index in [1.807, 2.05) is 36.4 Å². The van der Waals surface area contributed by atoms with E-state index in [1.165, 1.54) is 0 Å². The van der Waals surface area contributed by atoms with Crippen molar-refractivity contribution in [2.24, 2.45) is 0 Å². The maximum absolute atomic E-state index is 12.2. The summed E-state index contributed by atoms with van der Waals surface area (Å²) < 4.78 is 1.74. The number of aromatic nitrogens is 4. The van der Waals surface area contributed by atoms with Gasteiger partial charge in [-0.05, 0) is 30.5 Å². The summed E-state index contributed by atoms with van der Waals surface area (Å²) in [5.74, 6) is 1.88. The van der Waals surface area contributed by atoms with Crippen LogP contribution < -0.4 is 10.6 Å². The predicted octanol–water partition coefficient (Wildman–Crippen LogP) is 2.27. The highest BCUT2D eigenvalue weighted by molar-refractivity contribution is 5.45. The first-order chi connectivity index (χ1) is 13.2. The number of anilines is 1. The monoisotopic (exact) mass is 360 g/mol. The van der Waals surface area contributed by atoms with Crippen molar-refractivity contribution in [2.75, 3.05) is 18.0 Å². The molecule has 3 heterocycles. The van der Waals surface area contributed by atoms with Crippen LogP contribution in [0.4, 0.5) is 5.82 Å². The van der Waals surface area contributed by atoms with Crippen molar-refractivity contribution in [3.05, 3.63) is 76.1 Å². The van der Waals surface area contributed by atoms with E-state index in [1.54, 1.807) is 16.8 Å². The summed E-state index contributed by atoms with van der Waals surface area (Å²) in [4.78, 5) is 18.8. The van der Waals surface area contributed by atoms with Gasteiger partial charge in [0.15, 0.2) is 0 Å². The summed E-state index contributed by atoms with van der Waals surface area (Å²) in [7, 11) is 0. The quantitative estimate of drug-likeness (QED) is 0.771. The minimum atomic E-state index is -0.167. The molecule has 2 aromatic heterocycles. The van der Waals surface area contributed by atoms with Gasteiger partial charge in [0.1, 0.15) is 11.6 Å². The van der Waals surface area contributed by atoms with E-state index in [-0.39, 0.29) is 11.6 Å². The number of hydrogen-bond acceptors (Lipinski definition) is 5. The summed E-state index contributed by atoms with van der Waals surface area (Å²) in [5.41, 5.74) is 1.53. The molecular weight excluding hydrogens is 340 g/mol. The van der Waals surface area contributed by atoms with Crippen LogP contribution >= 0.6 is 0 Å². The Bertz CT molecular complexity index is 1010. The first-order valence-electron chi connectivity index (χ1n) is 9.05. The average Bonchev–Trinajstić information content (AvgIpc) is 3.09. The van der Waals surface area contributed by atoms with Gasteiger partial charge in [0.2, 0.25) is 0 Å². The number of pyridine rings is 1. The number of nitriles is 1. The smallest absolute Gasteiger partial charge is 0.343 e. The molecule has 7 nitrogen and oxygen atoms in total. The van der Waals surface area contributed by atoms with E-state index in [9.17, 15) is 4.79 Å². The molecule has 1 aliphatic rings. The van der Waals surface area contributed by atoms with E-state index in [2.05, 4.69) is 26.2 Å². The number of nitrogens with zero attached hydrogens (tertiary/aromatic N) is 5. The molecule has 1 saturated heterocycles. The Morgan fingerprint density at radius 3 is 2.70 bits per heavy atom. The lowest BCUT2D eigenvalue weighted by Crippen LogP contribution is -2.34. The van der Waals surface area contributed by atoms with Gasteiger partial charge in [-0.1, -0.05) is 30.3 Å². The molecule has 1 aliphatic heterocycles. The standard InChI is InChI=1S/C20H20N6O/c21-13-16-6-9-22-18(12-16)25-10-7-17(8-11-25)19-23-24-20(27)26(19)14-15-4-2-1-3-5-15/h1-6,9,12,17H,7-8,10-11,14H2,(H,24,27). The number of aromatic amines is 1. The topological polar surface area (TPSA) is 90.6 Å². The number of piperidine rings is 1. The third-order valence-electron chi connectivity index (χ3n) is 5.03. The Morgan fingerprint density at radius 1 is 1.19 bits per heavy atom. The highest BCUT2D eigenvalue weighted by atomic mass is 16.1. The van der Waals surface area contributed by atoms with Crippen LogP contribution in [0.15, 0.2) is 53.5 Å². The molecule has 7 heteroatoms. The summed E-state index contributed by atoms with van der Waals surface area (Å²) in [6, 6.07) is 15.6. The Hall–Kier alpha value is -3.40. The fourth-order valence-electron chi connectivity index (χ4n) is 3.59. The molecule has 0 atom stereocenters. The highest BCUT2D eigenvalue weighted by Gasteiger charge is 2.26. The fraction of sp³-hybridized carbons (Fsp3) is 0.300. The van der Waals surface area contributed by atoms with E-state index >= 15 is 0 Å². The third kappa shape index (κ3) is 3.60. The molecular formula is C20H20N6O. The highest BCUT2D eigenvalue weighted by Crippen LogP contribution is 2.28. The van der Waals surface area contributed by atoms with Crippen molar-refractivity contribution in [1.82, 2.24) is 19.7 Å². The Labute approximate surface area is 156 Å². The lowest BCUT2D eigenvalue weighted by atomic mass is 9.95. The third-order valence-corrected chi connectivity index (χ3v) is 5.03. The molecule has 1 fully saturated rings. The molecule has 3 aromatic rings. The van der Waals surface area contributed by atoms with E-state index < -0.39 is 0 Å². The first kappa shape index (κ1) is 17.0. The van der Waals surface area contributed by atoms with Gasteiger partial charge in [0.25, 0.3) is 0 Å². The number of rotatable bonds is 4. The van der Waals surface area contributed by atoms with Gasteiger partial charge in [-0.2, -0.15) is 10.4 Å². The van der Waals surface area contributed by atoms with Crippen molar-refractivity contribution in [1.29, 1.82) is 5.26 Å². The molecule has 4 rings (SSSR count). The van der Waals surface area contributed by atoms with Gasteiger partial charge >= 0.3 is 5.69 Å². The predicted molar refractivity (Wildman–Crippen MR) is 102 cm³/mol. The van der Waals surface area contributed by atoms with Gasteiger partial charge in [0.05, 0.1) is 18.2 Å². The zero-order valence-electron chi connectivity index (χ0n) is 14.9. The lowest BCUT2D eigenvalue weighted by molar-refractivity contribution is 0.466. The zero-order valence-corrected chi connectivity index (χ0v) is 14.9. The number of hydrogen-bond donors (Lipinski definition) is 1. The summed E-state index contributed by atoms with van der Waals surface area (Å²) in [5, 5.41) is 16.0. The second-order valence-corrected chi connectivity index (χ2v) is 6.73. The van der Waals surface area contributed by atoms with E-state index in [0.29, 0.717) is 12.1 Å². The van der Waals surface area contributed by atoms with Gasteiger partial charge < -0.3 is 4.90 Å². The molecule has 27 heavy (non-hydrogen) atoms. The van der Waals surface area contributed by atoms with Gasteiger partial charge in [0, 0.05) is 25.2 Å². The Morgan fingerprint density at radius 2 is 1.96 bits per heavy atom. The average molecular weight is 360 g/mol.